The Balaban J connectivity index is 1.50. The van der Waals surface area contributed by atoms with Gasteiger partial charge in [-0.25, -0.2) is 4.68 Å². The predicted octanol–water partition coefficient (Wildman–Crippen LogP) is 2.43. The minimum Gasteiger partial charge on any atom is -0.489 e. The monoisotopic (exact) mass is 424 g/mol. The molecule has 4 rings (SSSR count). The van der Waals surface area contributed by atoms with E-state index in [1.165, 1.54) is 0 Å². The van der Waals surface area contributed by atoms with Crippen molar-refractivity contribution in [3.63, 3.8) is 0 Å². The Morgan fingerprint density at radius 2 is 2.23 bits per heavy atom. The average molecular weight is 425 g/mol. The number of rotatable bonds is 9. The summed E-state index contributed by atoms with van der Waals surface area (Å²) in [5.41, 5.74) is 1.03. The molecule has 1 aromatic carbocycles. The van der Waals surface area contributed by atoms with Gasteiger partial charge in [-0.15, -0.1) is 16.4 Å². The number of hydrogen-bond donors (Lipinski definition) is 1. The van der Waals surface area contributed by atoms with Gasteiger partial charge < -0.3 is 10.1 Å². The van der Waals surface area contributed by atoms with Crippen LogP contribution in [0.1, 0.15) is 22.9 Å². The summed E-state index contributed by atoms with van der Waals surface area (Å²) in [6.07, 6.45) is 3.98. The van der Waals surface area contributed by atoms with Crippen molar-refractivity contribution in [2.75, 3.05) is 13.2 Å². The van der Waals surface area contributed by atoms with Crippen LogP contribution in [0.5, 0.6) is 5.75 Å². The van der Waals surface area contributed by atoms with Gasteiger partial charge in [0, 0.05) is 23.5 Å². The van der Waals surface area contributed by atoms with E-state index in [0.717, 1.165) is 16.2 Å². The van der Waals surface area contributed by atoms with E-state index < -0.39 is 0 Å². The molecule has 9 heteroatoms. The van der Waals surface area contributed by atoms with Gasteiger partial charge in [0.2, 0.25) is 5.91 Å². The summed E-state index contributed by atoms with van der Waals surface area (Å²) in [6, 6.07) is 11.7. The zero-order valence-corrected chi connectivity index (χ0v) is 17.4. The van der Waals surface area contributed by atoms with E-state index in [1.54, 1.807) is 28.4 Å². The van der Waals surface area contributed by atoms with Gasteiger partial charge in [-0.2, -0.15) is 0 Å². The molecule has 0 aliphatic carbocycles. The second-order valence-corrected chi connectivity index (χ2v) is 8.16. The summed E-state index contributed by atoms with van der Waals surface area (Å²) in [4.78, 5) is 16.4. The van der Waals surface area contributed by atoms with Gasteiger partial charge in [-0.05, 0) is 34.4 Å². The van der Waals surface area contributed by atoms with E-state index in [9.17, 15) is 4.79 Å². The summed E-state index contributed by atoms with van der Waals surface area (Å²) in [6.45, 7) is 5.97. The van der Waals surface area contributed by atoms with Crippen molar-refractivity contribution >= 4 is 17.2 Å². The quantitative estimate of drug-likeness (QED) is 0.531. The van der Waals surface area contributed by atoms with Crippen molar-refractivity contribution in [1.82, 2.24) is 30.4 Å². The largest absolute Gasteiger partial charge is 0.489 e. The number of carbonyl (C=O) groups excluding carboxylic acids is 1. The number of para-hydroxylation sites is 1. The number of carbonyl (C=O) groups is 1. The predicted molar refractivity (Wildman–Crippen MR) is 114 cm³/mol. The highest BCUT2D eigenvalue weighted by molar-refractivity contribution is 7.09. The summed E-state index contributed by atoms with van der Waals surface area (Å²) >= 11 is 1.64. The zero-order chi connectivity index (χ0) is 20.8. The Bertz CT molecular complexity index is 960. The van der Waals surface area contributed by atoms with Gasteiger partial charge in [0.15, 0.2) is 0 Å². The maximum Gasteiger partial charge on any atom is 0.237 e. The lowest BCUT2D eigenvalue weighted by molar-refractivity contribution is -0.125. The van der Waals surface area contributed by atoms with Crippen molar-refractivity contribution in [2.45, 2.75) is 31.6 Å². The lowest BCUT2D eigenvalue weighted by Crippen LogP contribution is -2.42. The molecule has 3 heterocycles. The number of nitrogens with zero attached hydrogens (tertiary/aromatic N) is 5. The van der Waals surface area contributed by atoms with Gasteiger partial charge in [0.05, 0.1) is 18.6 Å². The average Bonchev–Trinajstić information content (AvgIpc) is 3.53. The molecule has 1 amide bonds. The molecule has 2 atom stereocenters. The smallest absolute Gasteiger partial charge is 0.237 e. The summed E-state index contributed by atoms with van der Waals surface area (Å²) < 4.78 is 7.54. The molecule has 156 valence electrons. The van der Waals surface area contributed by atoms with Gasteiger partial charge >= 0.3 is 0 Å². The Labute approximate surface area is 179 Å². The Kier molecular flexibility index (Phi) is 6.50. The van der Waals surface area contributed by atoms with Gasteiger partial charge in [-0.1, -0.05) is 36.9 Å². The van der Waals surface area contributed by atoms with Crippen molar-refractivity contribution < 1.29 is 9.53 Å². The van der Waals surface area contributed by atoms with Crippen LogP contribution in [0.15, 0.2) is 60.8 Å². The summed E-state index contributed by atoms with van der Waals surface area (Å²) in [5, 5.41) is 16.6. The van der Waals surface area contributed by atoms with Crippen molar-refractivity contribution in [2.24, 2.45) is 0 Å². The van der Waals surface area contributed by atoms with Crippen LogP contribution in [0.4, 0.5) is 0 Å². The molecule has 1 fully saturated rings. The molecule has 2 aromatic heterocycles. The number of likely N-dealkylation sites (tertiary alicyclic amines) is 1. The molecule has 1 aliphatic heterocycles. The first-order valence-corrected chi connectivity index (χ1v) is 10.7. The third kappa shape index (κ3) is 4.74. The number of thiophene rings is 1. The third-order valence-corrected chi connectivity index (χ3v) is 6.02. The maximum atomic E-state index is 13.1. The molecule has 0 unspecified atom stereocenters. The number of aromatic nitrogens is 4. The first kappa shape index (κ1) is 20.2. The number of nitrogens with one attached hydrogen (secondary N) is 1. The third-order valence-electron chi connectivity index (χ3n) is 5.14. The first-order chi connectivity index (χ1) is 14.7. The Hall–Kier alpha value is -3.04. The van der Waals surface area contributed by atoms with Gasteiger partial charge in [0.25, 0.3) is 0 Å². The molecule has 1 aliphatic rings. The number of benzene rings is 1. The number of tetrazole rings is 1. The lowest BCUT2D eigenvalue weighted by Gasteiger charge is -2.24. The fourth-order valence-electron chi connectivity index (χ4n) is 3.70. The second kappa shape index (κ2) is 9.64. The van der Waals surface area contributed by atoms with Crippen LogP contribution < -0.4 is 10.1 Å². The maximum absolute atomic E-state index is 13.1. The molecular weight excluding hydrogens is 400 g/mol. The highest BCUT2D eigenvalue weighted by Crippen LogP contribution is 2.30. The topological polar surface area (TPSA) is 85.2 Å². The Morgan fingerprint density at radius 3 is 3.00 bits per heavy atom. The van der Waals surface area contributed by atoms with Crippen LogP contribution in [0.2, 0.25) is 0 Å². The molecule has 0 radical (unpaired) electrons. The molecule has 0 saturated carbocycles. The van der Waals surface area contributed by atoms with Crippen LogP contribution in [0.3, 0.4) is 0 Å². The van der Waals surface area contributed by atoms with E-state index in [2.05, 4.69) is 32.3 Å². The van der Waals surface area contributed by atoms with E-state index >= 15 is 0 Å². The minimum atomic E-state index is -0.272. The molecule has 30 heavy (non-hydrogen) atoms. The summed E-state index contributed by atoms with van der Waals surface area (Å²) in [5.74, 6) is 0.824. The van der Waals surface area contributed by atoms with Crippen molar-refractivity contribution in [1.29, 1.82) is 0 Å². The first-order valence-electron chi connectivity index (χ1n) is 9.83. The number of ether oxygens (including phenoxy) is 1. The molecule has 3 aromatic rings. The number of hydrogen-bond acceptors (Lipinski definition) is 7. The van der Waals surface area contributed by atoms with E-state index in [4.69, 9.17) is 4.74 Å². The van der Waals surface area contributed by atoms with Crippen LogP contribution in [-0.2, 0) is 17.9 Å². The van der Waals surface area contributed by atoms with E-state index in [-0.39, 0.29) is 18.0 Å². The van der Waals surface area contributed by atoms with Gasteiger partial charge in [-0.3, -0.25) is 9.69 Å². The SMILES string of the molecule is C=CCOc1ccccc1CN1C[C@H](n2cnnn2)C[C@H]1C(=O)NCc1cccs1. The number of amides is 1. The standard InChI is InChI=1S/C21H24N6O2S/c1-2-9-29-20-8-4-3-6-16(20)13-26-14-17(27-15-23-24-25-27)11-19(26)21(28)22-12-18-7-5-10-30-18/h2-8,10,15,17,19H,1,9,11-14H2,(H,22,28)/t17-,19+/m1/s1. The normalized spacial score (nSPS) is 18.9. The van der Waals surface area contributed by atoms with Gasteiger partial charge in [0.1, 0.15) is 18.7 Å². The molecular formula is C21H24N6O2S. The molecule has 1 N–H and O–H groups in total. The molecule has 0 bridgehead atoms. The fraction of sp³-hybridized carbons (Fsp3) is 0.333. The minimum absolute atomic E-state index is 0.0171. The van der Waals surface area contributed by atoms with Crippen LogP contribution >= 0.6 is 11.3 Å². The highest BCUT2D eigenvalue weighted by Gasteiger charge is 2.38. The highest BCUT2D eigenvalue weighted by atomic mass is 32.1. The van der Waals surface area contributed by atoms with Crippen molar-refractivity contribution in [3.8, 4) is 5.75 Å². The summed E-state index contributed by atoms with van der Waals surface area (Å²) in [7, 11) is 0. The van der Waals surface area contributed by atoms with E-state index in [1.807, 2.05) is 41.8 Å². The Morgan fingerprint density at radius 1 is 1.33 bits per heavy atom. The fourth-order valence-corrected chi connectivity index (χ4v) is 4.35. The lowest BCUT2D eigenvalue weighted by atomic mass is 10.1. The molecule has 8 nitrogen and oxygen atoms in total. The second-order valence-electron chi connectivity index (χ2n) is 7.13. The molecule has 1 saturated heterocycles. The van der Waals surface area contributed by atoms with Crippen LogP contribution in [0.25, 0.3) is 0 Å². The zero-order valence-electron chi connectivity index (χ0n) is 16.6. The molecule has 0 spiro atoms. The van der Waals surface area contributed by atoms with Crippen LogP contribution in [0, 0.1) is 0 Å². The van der Waals surface area contributed by atoms with E-state index in [0.29, 0.717) is 32.7 Å². The van der Waals surface area contributed by atoms with Crippen LogP contribution in [-0.4, -0.2) is 50.2 Å². The van der Waals surface area contributed by atoms with Crippen molar-refractivity contribution in [3.05, 3.63) is 71.2 Å².